The second-order valence-electron chi connectivity index (χ2n) is 8.15. The van der Waals surface area contributed by atoms with Crippen LogP contribution < -0.4 is 4.80 Å². The summed E-state index contributed by atoms with van der Waals surface area (Å²) in [5.41, 5.74) is 2.74. The summed E-state index contributed by atoms with van der Waals surface area (Å²) in [6, 6.07) is 12.4. The van der Waals surface area contributed by atoms with Crippen molar-refractivity contribution in [3.63, 3.8) is 0 Å². The lowest BCUT2D eigenvalue weighted by Crippen LogP contribution is -2.41. The van der Waals surface area contributed by atoms with Crippen LogP contribution in [0.3, 0.4) is 0 Å². The number of nitrogens with zero attached hydrogens (tertiary/aromatic N) is 3. The molecule has 8 heteroatoms. The Balaban J connectivity index is 1.66. The van der Waals surface area contributed by atoms with E-state index in [2.05, 4.69) is 28.6 Å². The van der Waals surface area contributed by atoms with Crippen LogP contribution in [0.4, 0.5) is 0 Å². The maximum atomic E-state index is 13.0. The lowest BCUT2D eigenvalue weighted by Gasteiger charge is -2.32. The van der Waals surface area contributed by atoms with E-state index in [0.29, 0.717) is 23.5 Å². The average molecular weight is 472 g/mol. The molecule has 2 aromatic carbocycles. The van der Waals surface area contributed by atoms with Gasteiger partial charge in [0, 0.05) is 24.7 Å². The highest BCUT2D eigenvalue weighted by atomic mass is 32.2. The van der Waals surface area contributed by atoms with Gasteiger partial charge in [-0.1, -0.05) is 36.8 Å². The first kappa shape index (κ1) is 22.9. The molecular formula is C24H29N3O3S2. The first-order chi connectivity index (χ1) is 15.4. The van der Waals surface area contributed by atoms with Crippen LogP contribution in [0.15, 0.2) is 52.4 Å². The number of carbonyl (C=O) groups excluding carboxylic acids is 1. The van der Waals surface area contributed by atoms with E-state index in [0.717, 1.165) is 35.9 Å². The maximum Gasteiger partial charge on any atom is 0.279 e. The van der Waals surface area contributed by atoms with Crippen molar-refractivity contribution < 1.29 is 13.2 Å². The molecule has 0 spiro atoms. The number of fused-ring (bicyclic) bond motifs is 1. The Morgan fingerprint density at radius 3 is 2.53 bits per heavy atom. The summed E-state index contributed by atoms with van der Waals surface area (Å²) >= 11 is 1.50. The second-order valence-corrected chi connectivity index (χ2v) is 11.0. The van der Waals surface area contributed by atoms with Crippen molar-refractivity contribution >= 4 is 37.5 Å². The van der Waals surface area contributed by atoms with Crippen LogP contribution in [0.2, 0.25) is 0 Å². The summed E-state index contributed by atoms with van der Waals surface area (Å²) in [7, 11) is -3.56. The lowest BCUT2D eigenvalue weighted by molar-refractivity contribution is 0.0997. The number of hydrogen-bond donors (Lipinski definition) is 0. The maximum absolute atomic E-state index is 13.0. The van der Waals surface area contributed by atoms with Gasteiger partial charge in [0.25, 0.3) is 5.91 Å². The Morgan fingerprint density at radius 2 is 1.88 bits per heavy atom. The fourth-order valence-corrected chi connectivity index (χ4v) is 7.19. The third-order valence-corrected chi connectivity index (χ3v) is 9.20. The fraction of sp³-hybridized carbons (Fsp3) is 0.417. The fourth-order valence-electron chi connectivity index (χ4n) is 4.35. The minimum atomic E-state index is -3.56. The minimum Gasteiger partial charge on any atom is -0.316 e. The van der Waals surface area contributed by atoms with Gasteiger partial charge in [0.2, 0.25) is 10.0 Å². The molecule has 0 radical (unpaired) electrons. The zero-order valence-electron chi connectivity index (χ0n) is 18.7. The Kier molecular flexibility index (Phi) is 6.65. The SMILES string of the molecule is CCc1cccc2sc(=NC(=O)c3ccc(S(=O)(=O)N4CCCCC4C)cc3)n(CC)c12. The smallest absolute Gasteiger partial charge is 0.279 e. The molecule has 32 heavy (non-hydrogen) atoms. The van der Waals surface area contributed by atoms with Gasteiger partial charge in [-0.15, -0.1) is 0 Å². The van der Waals surface area contributed by atoms with Gasteiger partial charge in [0.05, 0.1) is 15.1 Å². The summed E-state index contributed by atoms with van der Waals surface area (Å²) in [5, 5.41) is 0. The molecule has 3 aromatic rings. The normalized spacial score (nSPS) is 18.3. The molecule has 2 heterocycles. The first-order valence-corrected chi connectivity index (χ1v) is 13.4. The molecule has 0 saturated carbocycles. The molecule has 1 amide bonds. The summed E-state index contributed by atoms with van der Waals surface area (Å²) in [6.45, 7) is 7.37. The Morgan fingerprint density at radius 1 is 1.12 bits per heavy atom. The third-order valence-electron chi connectivity index (χ3n) is 6.13. The number of para-hydroxylation sites is 1. The van der Waals surface area contributed by atoms with Gasteiger partial charge in [0.15, 0.2) is 4.80 Å². The summed E-state index contributed by atoms with van der Waals surface area (Å²) < 4.78 is 30.8. The van der Waals surface area contributed by atoms with Crippen molar-refractivity contribution in [2.24, 2.45) is 4.99 Å². The number of amides is 1. The van der Waals surface area contributed by atoms with Crippen LogP contribution in [-0.2, 0) is 23.0 Å². The van der Waals surface area contributed by atoms with E-state index in [1.54, 1.807) is 16.4 Å². The number of aromatic nitrogens is 1. The number of benzene rings is 2. The van der Waals surface area contributed by atoms with E-state index in [1.165, 1.54) is 29.0 Å². The zero-order valence-corrected chi connectivity index (χ0v) is 20.4. The molecule has 6 nitrogen and oxygen atoms in total. The molecule has 0 aliphatic carbocycles. The van der Waals surface area contributed by atoms with Gasteiger partial charge in [-0.2, -0.15) is 9.30 Å². The Bertz CT molecular complexity index is 1300. The molecule has 1 aliphatic rings. The van der Waals surface area contributed by atoms with Crippen molar-refractivity contribution in [3.05, 3.63) is 58.4 Å². The Hall–Kier alpha value is -2.29. The topological polar surface area (TPSA) is 71.7 Å². The van der Waals surface area contributed by atoms with Gasteiger partial charge in [-0.25, -0.2) is 8.42 Å². The van der Waals surface area contributed by atoms with Crippen LogP contribution in [0, 0.1) is 0 Å². The number of rotatable bonds is 5. The largest absolute Gasteiger partial charge is 0.316 e. The molecule has 1 fully saturated rings. The van der Waals surface area contributed by atoms with Gasteiger partial charge < -0.3 is 4.57 Å². The van der Waals surface area contributed by atoms with Gasteiger partial charge in [-0.05, 0) is 69.0 Å². The van der Waals surface area contributed by atoms with Crippen molar-refractivity contribution in [1.29, 1.82) is 0 Å². The number of sulfonamides is 1. The molecule has 1 aromatic heterocycles. The van der Waals surface area contributed by atoms with Gasteiger partial charge in [-0.3, -0.25) is 4.79 Å². The standard InChI is InChI=1S/C24H29N3O3S2/c1-4-18-10-8-11-21-22(18)26(5-2)24(31-21)25-23(28)19-12-14-20(15-13-19)32(29,30)27-16-7-6-9-17(27)3/h8,10-15,17H,4-7,9,16H2,1-3H3. The van der Waals surface area contributed by atoms with Crippen molar-refractivity contribution in [1.82, 2.24) is 8.87 Å². The highest BCUT2D eigenvalue weighted by Gasteiger charge is 2.30. The molecule has 170 valence electrons. The highest BCUT2D eigenvalue weighted by molar-refractivity contribution is 7.89. The molecule has 0 bridgehead atoms. The molecule has 1 aliphatic heterocycles. The zero-order chi connectivity index (χ0) is 22.9. The van der Waals surface area contributed by atoms with E-state index < -0.39 is 10.0 Å². The number of aryl methyl sites for hydroxylation is 2. The van der Waals surface area contributed by atoms with Crippen LogP contribution in [0.25, 0.3) is 10.2 Å². The number of thiazole rings is 1. The van der Waals surface area contributed by atoms with Crippen LogP contribution in [-0.4, -0.2) is 35.8 Å². The summed E-state index contributed by atoms with van der Waals surface area (Å²) in [6.07, 6.45) is 3.72. The molecule has 0 N–H and O–H groups in total. The van der Waals surface area contributed by atoms with Crippen LogP contribution in [0.5, 0.6) is 0 Å². The van der Waals surface area contributed by atoms with E-state index in [4.69, 9.17) is 0 Å². The van der Waals surface area contributed by atoms with Gasteiger partial charge >= 0.3 is 0 Å². The molecule has 1 atom stereocenters. The summed E-state index contributed by atoms with van der Waals surface area (Å²) in [5.74, 6) is -0.368. The third kappa shape index (κ3) is 4.19. The average Bonchev–Trinajstić information content (AvgIpc) is 3.16. The van der Waals surface area contributed by atoms with Crippen LogP contribution in [0.1, 0.15) is 56.0 Å². The van der Waals surface area contributed by atoms with Crippen LogP contribution >= 0.6 is 11.3 Å². The predicted octanol–water partition coefficient (Wildman–Crippen LogP) is 4.59. The predicted molar refractivity (Wildman–Crippen MR) is 128 cm³/mol. The van der Waals surface area contributed by atoms with Crippen molar-refractivity contribution in [3.8, 4) is 0 Å². The van der Waals surface area contributed by atoms with Crippen molar-refractivity contribution in [2.75, 3.05) is 6.54 Å². The monoisotopic (exact) mass is 471 g/mol. The quantitative estimate of drug-likeness (QED) is 0.546. The molecular weight excluding hydrogens is 442 g/mol. The first-order valence-electron chi connectivity index (χ1n) is 11.2. The van der Waals surface area contributed by atoms with E-state index in [-0.39, 0.29) is 16.8 Å². The molecule has 4 rings (SSSR count). The van der Waals surface area contributed by atoms with Crippen molar-refractivity contribution in [2.45, 2.75) is 63.9 Å². The number of hydrogen-bond acceptors (Lipinski definition) is 4. The van der Waals surface area contributed by atoms with E-state index >= 15 is 0 Å². The van der Waals surface area contributed by atoms with E-state index in [1.807, 2.05) is 19.9 Å². The number of carbonyl (C=O) groups is 1. The van der Waals surface area contributed by atoms with Gasteiger partial charge in [0.1, 0.15) is 0 Å². The minimum absolute atomic E-state index is 0.00415. The number of piperidine rings is 1. The Labute approximate surface area is 193 Å². The second kappa shape index (κ2) is 9.29. The molecule has 1 unspecified atom stereocenters. The highest BCUT2D eigenvalue weighted by Crippen LogP contribution is 2.26. The van der Waals surface area contributed by atoms with E-state index in [9.17, 15) is 13.2 Å². The molecule has 1 saturated heterocycles. The lowest BCUT2D eigenvalue weighted by atomic mass is 10.1. The summed E-state index contributed by atoms with van der Waals surface area (Å²) in [4.78, 5) is 18.2.